The number of hydrogen-bond acceptors (Lipinski definition) is 4. The number of rotatable bonds is 7. The second-order valence-electron chi connectivity index (χ2n) is 4.29. The molecule has 4 nitrogen and oxygen atoms in total. The third kappa shape index (κ3) is 5.51. The van der Waals surface area contributed by atoms with Crippen LogP contribution in [0.3, 0.4) is 0 Å². The molecule has 1 atom stereocenters. The van der Waals surface area contributed by atoms with Gasteiger partial charge >= 0.3 is 0 Å². The minimum atomic E-state index is -2.95. The minimum absolute atomic E-state index is 0.106. The van der Waals surface area contributed by atoms with Crippen LogP contribution in [-0.2, 0) is 9.84 Å². The summed E-state index contributed by atoms with van der Waals surface area (Å²) < 4.78 is 27.3. The first kappa shape index (κ1) is 15.0. The van der Waals surface area contributed by atoms with Crippen molar-refractivity contribution >= 4 is 9.84 Å². The number of sulfone groups is 1. The van der Waals surface area contributed by atoms with E-state index in [1.165, 1.54) is 6.26 Å². The van der Waals surface area contributed by atoms with E-state index in [1.807, 2.05) is 25.1 Å². The van der Waals surface area contributed by atoms with Crippen LogP contribution in [0.1, 0.15) is 31.4 Å². The first-order chi connectivity index (χ1) is 8.42. The summed E-state index contributed by atoms with van der Waals surface area (Å²) in [6, 6.07) is 7.25. The highest BCUT2D eigenvalue weighted by Gasteiger charge is 2.10. The normalized spacial score (nSPS) is 13.3. The molecule has 0 saturated carbocycles. The van der Waals surface area contributed by atoms with Gasteiger partial charge in [-0.2, -0.15) is 0 Å². The molecule has 0 aliphatic carbocycles. The van der Waals surface area contributed by atoms with Gasteiger partial charge in [0.1, 0.15) is 15.6 Å². The number of hydrogen-bond donors (Lipinski definition) is 1. The summed E-state index contributed by atoms with van der Waals surface area (Å²) in [5.41, 5.74) is 0.759. The Hall–Kier alpha value is -1.07. The van der Waals surface area contributed by atoms with Gasteiger partial charge in [-0.15, -0.1) is 0 Å². The molecular formula is C13H20O4S. The average Bonchev–Trinajstić information content (AvgIpc) is 2.28. The summed E-state index contributed by atoms with van der Waals surface area (Å²) in [4.78, 5) is 0. The molecule has 18 heavy (non-hydrogen) atoms. The molecule has 1 rings (SSSR count). The van der Waals surface area contributed by atoms with E-state index in [-0.39, 0.29) is 5.75 Å². The lowest BCUT2D eigenvalue weighted by molar-refractivity contribution is 0.166. The van der Waals surface area contributed by atoms with Crippen molar-refractivity contribution in [2.45, 2.75) is 25.9 Å². The smallest absolute Gasteiger partial charge is 0.147 e. The maximum absolute atomic E-state index is 11.0. The Morgan fingerprint density at radius 3 is 2.72 bits per heavy atom. The number of aliphatic hydroxyl groups excluding tert-OH is 1. The van der Waals surface area contributed by atoms with Gasteiger partial charge in [0, 0.05) is 12.0 Å². The lowest BCUT2D eigenvalue weighted by Crippen LogP contribution is -2.06. The second kappa shape index (κ2) is 6.75. The van der Waals surface area contributed by atoms with E-state index in [0.717, 1.165) is 11.3 Å². The van der Waals surface area contributed by atoms with E-state index in [0.29, 0.717) is 19.4 Å². The van der Waals surface area contributed by atoms with Crippen LogP contribution in [0, 0.1) is 0 Å². The zero-order chi connectivity index (χ0) is 13.6. The summed E-state index contributed by atoms with van der Waals surface area (Å²) in [6.07, 6.45) is 1.45. The van der Waals surface area contributed by atoms with Crippen LogP contribution in [0.4, 0.5) is 0 Å². The zero-order valence-corrected chi connectivity index (χ0v) is 11.6. The van der Waals surface area contributed by atoms with Crippen molar-refractivity contribution in [3.63, 3.8) is 0 Å². The van der Waals surface area contributed by atoms with Crippen LogP contribution in [0.25, 0.3) is 0 Å². The maximum atomic E-state index is 11.0. The van der Waals surface area contributed by atoms with Crippen LogP contribution in [0.15, 0.2) is 24.3 Å². The lowest BCUT2D eigenvalue weighted by atomic mass is 10.1. The fraction of sp³-hybridized carbons (Fsp3) is 0.538. The molecule has 1 aromatic rings. The number of benzene rings is 1. The Bertz CT molecular complexity index is 468. The molecule has 0 saturated heterocycles. The molecule has 0 aliphatic heterocycles. The molecular weight excluding hydrogens is 252 g/mol. The van der Waals surface area contributed by atoms with E-state index in [9.17, 15) is 13.5 Å². The predicted molar refractivity (Wildman–Crippen MR) is 71.5 cm³/mol. The molecule has 0 aromatic heterocycles. The molecule has 1 unspecified atom stereocenters. The number of ether oxygens (including phenoxy) is 1. The van der Waals surface area contributed by atoms with Crippen LogP contribution in [-0.4, -0.2) is 32.1 Å². The van der Waals surface area contributed by atoms with Crippen molar-refractivity contribution in [2.75, 3.05) is 18.6 Å². The van der Waals surface area contributed by atoms with Crippen LogP contribution in [0.2, 0.25) is 0 Å². The summed E-state index contributed by atoms with van der Waals surface area (Å²) in [6.45, 7) is 2.48. The van der Waals surface area contributed by atoms with Gasteiger partial charge in [-0.1, -0.05) is 12.1 Å². The van der Waals surface area contributed by atoms with Crippen molar-refractivity contribution in [1.82, 2.24) is 0 Å². The van der Waals surface area contributed by atoms with Gasteiger partial charge in [0.15, 0.2) is 0 Å². The summed E-state index contributed by atoms with van der Waals surface area (Å²) in [5, 5.41) is 9.96. The van der Waals surface area contributed by atoms with Gasteiger partial charge in [-0.05, 0) is 37.5 Å². The average molecular weight is 272 g/mol. The summed E-state index contributed by atoms with van der Waals surface area (Å²) >= 11 is 0. The summed E-state index contributed by atoms with van der Waals surface area (Å²) in [7, 11) is -2.95. The van der Waals surface area contributed by atoms with Gasteiger partial charge in [-0.3, -0.25) is 0 Å². The topological polar surface area (TPSA) is 63.6 Å². The Kier molecular flexibility index (Phi) is 5.62. The first-order valence-corrected chi connectivity index (χ1v) is 8.07. The van der Waals surface area contributed by atoms with Crippen molar-refractivity contribution < 1.29 is 18.3 Å². The Labute approximate surface area is 109 Å². The third-order valence-corrected chi connectivity index (χ3v) is 3.58. The van der Waals surface area contributed by atoms with Gasteiger partial charge in [0.2, 0.25) is 0 Å². The van der Waals surface area contributed by atoms with E-state index < -0.39 is 15.9 Å². The van der Waals surface area contributed by atoms with E-state index in [4.69, 9.17) is 4.74 Å². The van der Waals surface area contributed by atoms with Gasteiger partial charge < -0.3 is 9.84 Å². The maximum Gasteiger partial charge on any atom is 0.147 e. The lowest BCUT2D eigenvalue weighted by Gasteiger charge is -2.12. The van der Waals surface area contributed by atoms with Crippen LogP contribution < -0.4 is 4.74 Å². The SMILES string of the molecule is CCOc1cccc(C(O)CCCS(C)(=O)=O)c1. The monoisotopic (exact) mass is 272 g/mol. The van der Waals surface area contributed by atoms with E-state index in [1.54, 1.807) is 6.07 Å². The number of aliphatic hydroxyl groups is 1. The molecule has 5 heteroatoms. The predicted octanol–water partition coefficient (Wildman–Crippen LogP) is 1.94. The molecule has 0 fully saturated rings. The van der Waals surface area contributed by atoms with Crippen molar-refractivity contribution in [2.24, 2.45) is 0 Å². The molecule has 0 bridgehead atoms. The molecule has 102 valence electrons. The Balaban J connectivity index is 2.55. The van der Waals surface area contributed by atoms with E-state index >= 15 is 0 Å². The fourth-order valence-electron chi connectivity index (χ4n) is 1.68. The molecule has 0 aliphatic rings. The fourth-order valence-corrected chi connectivity index (χ4v) is 2.37. The Morgan fingerprint density at radius 1 is 1.39 bits per heavy atom. The second-order valence-corrected chi connectivity index (χ2v) is 6.55. The molecule has 0 amide bonds. The van der Waals surface area contributed by atoms with Gasteiger partial charge in [-0.25, -0.2) is 8.42 Å². The third-order valence-electron chi connectivity index (χ3n) is 2.55. The molecule has 1 aromatic carbocycles. The highest BCUT2D eigenvalue weighted by molar-refractivity contribution is 7.90. The van der Waals surface area contributed by atoms with Crippen LogP contribution >= 0.6 is 0 Å². The standard InChI is InChI=1S/C13H20O4S/c1-3-17-12-7-4-6-11(10-12)13(14)8-5-9-18(2,15)16/h4,6-7,10,13-14H,3,5,8-9H2,1-2H3. The highest BCUT2D eigenvalue weighted by atomic mass is 32.2. The van der Waals surface area contributed by atoms with Crippen molar-refractivity contribution in [1.29, 1.82) is 0 Å². The molecule has 0 heterocycles. The van der Waals surface area contributed by atoms with E-state index in [2.05, 4.69) is 0 Å². The van der Waals surface area contributed by atoms with Gasteiger partial charge in [0.25, 0.3) is 0 Å². The Morgan fingerprint density at radius 2 is 2.11 bits per heavy atom. The first-order valence-electron chi connectivity index (χ1n) is 6.01. The highest BCUT2D eigenvalue weighted by Crippen LogP contribution is 2.22. The van der Waals surface area contributed by atoms with Crippen molar-refractivity contribution in [3.8, 4) is 5.75 Å². The minimum Gasteiger partial charge on any atom is -0.494 e. The zero-order valence-electron chi connectivity index (χ0n) is 10.8. The largest absolute Gasteiger partial charge is 0.494 e. The quantitative estimate of drug-likeness (QED) is 0.824. The van der Waals surface area contributed by atoms with Crippen molar-refractivity contribution in [3.05, 3.63) is 29.8 Å². The molecule has 1 N–H and O–H groups in total. The van der Waals surface area contributed by atoms with Gasteiger partial charge in [0.05, 0.1) is 12.7 Å². The summed E-state index contributed by atoms with van der Waals surface area (Å²) in [5.74, 6) is 0.826. The van der Waals surface area contributed by atoms with Crippen LogP contribution in [0.5, 0.6) is 5.75 Å². The molecule has 0 spiro atoms. The molecule has 0 radical (unpaired) electrons.